The normalized spacial score (nSPS) is 11.8. The lowest BCUT2D eigenvalue weighted by atomic mass is 9.98. The van der Waals surface area contributed by atoms with Crippen LogP contribution in [0.4, 0.5) is 0 Å². The Morgan fingerprint density at radius 1 is 1.25 bits per heavy atom. The van der Waals surface area contributed by atoms with Crippen molar-refractivity contribution < 1.29 is 5.11 Å². The van der Waals surface area contributed by atoms with Crippen LogP contribution in [0, 0.1) is 0 Å². The summed E-state index contributed by atoms with van der Waals surface area (Å²) in [5.41, 5.74) is 0.967. The third kappa shape index (κ3) is 2.26. The lowest BCUT2D eigenvalue weighted by Crippen LogP contribution is -2.15. The van der Waals surface area contributed by atoms with Crippen LogP contribution in [0.1, 0.15) is 19.4 Å². The van der Waals surface area contributed by atoms with Crippen LogP contribution in [0.25, 0.3) is 5.69 Å². The molecule has 0 aliphatic rings. The molecule has 1 aromatic carbocycles. The fourth-order valence-corrected chi connectivity index (χ4v) is 1.60. The van der Waals surface area contributed by atoms with Gasteiger partial charge < -0.3 is 5.11 Å². The maximum atomic E-state index is 9.81. The van der Waals surface area contributed by atoms with Crippen molar-refractivity contribution in [1.82, 2.24) is 9.78 Å². The highest BCUT2D eigenvalue weighted by Gasteiger charge is 2.15. The molecule has 0 aliphatic carbocycles. The Hall–Kier alpha value is -1.32. The number of hydrogen-bond acceptors (Lipinski definition) is 2. The van der Waals surface area contributed by atoms with Gasteiger partial charge in [0.2, 0.25) is 0 Å². The highest BCUT2D eigenvalue weighted by molar-refractivity contribution is 6.30. The highest BCUT2D eigenvalue weighted by atomic mass is 35.5. The largest absolute Gasteiger partial charge is 0.386 e. The van der Waals surface area contributed by atoms with E-state index in [0.29, 0.717) is 5.02 Å². The molecule has 2 aromatic rings. The van der Waals surface area contributed by atoms with Crippen molar-refractivity contribution in [2.45, 2.75) is 19.4 Å². The molecule has 16 heavy (non-hydrogen) atoms. The molecule has 0 spiro atoms. The number of aromatic nitrogens is 2. The molecule has 0 fully saturated rings. The first kappa shape index (κ1) is 11.2. The van der Waals surface area contributed by atoms with Gasteiger partial charge in [-0.1, -0.05) is 23.7 Å². The van der Waals surface area contributed by atoms with Crippen molar-refractivity contribution >= 4 is 11.6 Å². The minimum Gasteiger partial charge on any atom is -0.386 e. The molecule has 84 valence electrons. The smallest absolute Gasteiger partial charge is 0.0840 e. The van der Waals surface area contributed by atoms with Crippen molar-refractivity contribution in [2.75, 3.05) is 0 Å². The summed E-state index contributed by atoms with van der Waals surface area (Å²) in [6.07, 6.45) is 3.33. The summed E-state index contributed by atoms with van der Waals surface area (Å²) in [7, 11) is 0. The molecule has 0 atom stereocenters. The second kappa shape index (κ2) is 3.92. The van der Waals surface area contributed by atoms with E-state index >= 15 is 0 Å². The number of aliphatic hydroxyl groups is 1. The summed E-state index contributed by atoms with van der Waals surface area (Å²) in [6, 6.07) is 7.56. The maximum Gasteiger partial charge on any atom is 0.0840 e. The summed E-state index contributed by atoms with van der Waals surface area (Å²) in [4.78, 5) is 0. The number of nitrogens with zero attached hydrogens (tertiary/aromatic N) is 2. The fourth-order valence-electron chi connectivity index (χ4n) is 1.46. The van der Waals surface area contributed by atoms with Crippen molar-refractivity contribution in [3.8, 4) is 5.69 Å². The summed E-state index contributed by atoms with van der Waals surface area (Å²) >= 11 is 5.79. The van der Waals surface area contributed by atoms with Gasteiger partial charge in [0.15, 0.2) is 0 Å². The van der Waals surface area contributed by atoms with E-state index in [4.69, 9.17) is 11.6 Å². The molecule has 1 aromatic heterocycles. The van der Waals surface area contributed by atoms with E-state index in [9.17, 15) is 5.11 Å². The first-order chi connectivity index (χ1) is 7.47. The van der Waals surface area contributed by atoms with Crippen LogP contribution in [-0.4, -0.2) is 14.9 Å². The van der Waals surface area contributed by atoms with Gasteiger partial charge in [0.1, 0.15) is 0 Å². The monoisotopic (exact) mass is 236 g/mol. The van der Waals surface area contributed by atoms with Crippen LogP contribution < -0.4 is 0 Å². The molecule has 4 heteroatoms. The Labute approximate surface area is 99.3 Å². The van der Waals surface area contributed by atoms with Gasteiger partial charge in [-0.15, -0.1) is 0 Å². The first-order valence-corrected chi connectivity index (χ1v) is 5.38. The van der Waals surface area contributed by atoms with Crippen LogP contribution in [0.2, 0.25) is 5.02 Å². The van der Waals surface area contributed by atoms with Gasteiger partial charge in [-0.05, 0) is 31.5 Å². The molecule has 0 radical (unpaired) electrons. The van der Waals surface area contributed by atoms with E-state index in [1.54, 1.807) is 30.9 Å². The van der Waals surface area contributed by atoms with Crippen LogP contribution >= 0.6 is 11.6 Å². The molecule has 2 rings (SSSR count). The van der Waals surface area contributed by atoms with Crippen molar-refractivity contribution in [2.24, 2.45) is 0 Å². The summed E-state index contributed by atoms with van der Waals surface area (Å²) in [5, 5.41) is 14.5. The molecule has 0 unspecified atom stereocenters. The Kier molecular flexibility index (Phi) is 2.74. The molecule has 0 amide bonds. The second-order valence-electron chi connectivity index (χ2n) is 4.21. The van der Waals surface area contributed by atoms with E-state index in [-0.39, 0.29) is 0 Å². The van der Waals surface area contributed by atoms with Crippen molar-refractivity contribution in [1.29, 1.82) is 0 Å². The van der Waals surface area contributed by atoms with Crippen LogP contribution in [0.5, 0.6) is 0 Å². The predicted octanol–water partition coefficient (Wildman–Crippen LogP) is 2.75. The zero-order valence-electron chi connectivity index (χ0n) is 9.18. The molecule has 1 heterocycles. The summed E-state index contributed by atoms with van der Waals surface area (Å²) in [6.45, 7) is 3.51. The lowest BCUT2D eigenvalue weighted by molar-refractivity contribution is 0.0786. The topological polar surface area (TPSA) is 38.0 Å². The number of rotatable bonds is 2. The number of halogens is 1. The Morgan fingerprint density at radius 2 is 1.88 bits per heavy atom. The third-order valence-corrected chi connectivity index (χ3v) is 2.58. The highest BCUT2D eigenvalue weighted by Crippen LogP contribution is 2.21. The average molecular weight is 237 g/mol. The molecule has 0 saturated carbocycles. The summed E-state index contributed by atoms with van der Waals surface area (Å²) < 4.78 is 1.69. The van der Waals surface area contributed by atoms with Gasteiger partial charge >= 0.3 is 0 Å². The third-order valence-electron chi connectivity index (χ3n) is 2.39. The second-order valence-corrected chi connectivity index (χ2v) is 4.65. The molecular formula is C12H13ClN2O. The summed E-state index contributed by atoms with van der Waals surface area (Å²) in [5.74, 6) is 0. The van der Waals surface area contributed by atoms with Crippen LogP contribution in [0.15, 0.2) is 36.7 Å². The predicted molar refractivity (Wildman–Crippen MR) is 63.8 cm³/mol. The minimum atomic E-state index is -0.819. The van der Waals surface area contributed by atoms with Gasteiger partial charge in [0.25, 0.3) is 0 Å². The van der Waals surface area contributed by atoms with E-state index in [1.807, 2.05) is 24.3 Å². The van der Waals surface area contributed by atoms with Gasteiger partial charge in [-0.3, -0.25) is 0 Å². The SMILES string of the molecule is CC(C)(O)c1ccc(-n2cc(Cl)cn2)cc1. The first-order valence-electron chi connectivity index (χ1n) is 5.00. The molecule has 0 aliphatic heterocycles. The van der Waals surface area contributed by atoms with Gasteiger partial charge in [-0.25, -0.2) is 4.68 Å². The standard InChI is InChI=1S/C12H13ClN2O/c1-12(2,16)9-3-5-11(6-4-9)15-8-10(13)7-14-15/h3-8,16H,1-2H3. The van der Waals surface area contributed by atoms with Gasteiger partial charge in [0.05, 0.1) is 22.5 Å². The zero-order valence-corrected chi connectivity index (χ0v) is 9.94. The Bertz CT molecular complexity index is 482. The molecule has 3 nitrogen and oxygen atoms in total. The minimum absolute atomic E-state index is 0.603. The molecular weight excluding hydrogens is 224 g/mol. The number of benzene rings is 1. The van der Waals surface area contributed by atoms with Crippen LogP contribution in [0.3, 0.4) is 0 Å². The van der Waals surface area contributed by atoms with E-state index in [1.165, 1.54) is 0 Å². The fraction of sp³-hybridized carbons (Fsp3) is 0.250. The lowest BCUT2D eigenvalue weighted by Gasteiger charge is -2.17. The maximum absolute atomic E-state index is 9.81. The van der Waals surface area contributed by atoms with E-state index < -0.39 is 5.60 Å². The Morgan fingerprint density at radius 3 is 2.31 bits per heavy atom. The van der Waals surface area contributed by atoms with Gasteiger partial charge in [0, 0.05) is 6.20 Å². The van der Waals surface area contributed by atoms with Crippen molar-refractivity contribution in [3.63, 3.8) is 0 Å². The van der Waals surface area contributed by atoms with Crippen LogP contribution in [-0.2, 0) is 5.60 Å². The van der Waals surface area contributed by atoms with Gasteiger partial charge in [-0.2, -0.15) is 5.10 Å². The Balaban J connectivity index is 2.33. The zero-order chi connectivity index (χ0) is 11.8. The molecule has 0 saturated heterocycles. The van der Waals surface area contributed by atoms with E-state index in [2.05, 4.69) is 5.10 Å². The number of hydrogen-bond donors (Lipinski definition) is 1. The molecule has 0 bridgehead atoms. The van der Waals surface area contributed by atoms with Crippen molar-refractivity contribution in [3.05, 3.63) is 47.2 Å². The quantitative estimate of drug-likeness (QED) is 0.871. The average Bonchev–Trinajstić information content (AvgIpc) is 2.64. The molecule has 1 N–H and O–H groups in total. The van der Waals surface area contributed by atoms with E-state index in [0.717, 1.165) is 11.3 Å².